The summed E-state index contributed by atoms with van der Waals surface area (Å²) < 4.78 is 26.3. The van der Waals surface area contributed by atoms with Crippen LogP contribution in [0.2, 0.25) is 0 Å². The quantitative estimate of drug-likeness (QED) is 0.876. The van der Waals surface area contributed by atoms with Gasteiger partial charge in [-0.2, -0.15) is 5.10 Å². The second-order valence-electron chi connectivity index (χ2n) is 4.70. The number of hydrogen-bond acceptors (Lipinski definition) is 3. The minimum Gasteiger partial charge on any atom is -0.307 e. The summed E-state index contributed by atoms with van der Waals surface area (Å²) in [7, 11) is 0. The number of H-pyrrole nitrogens is 1. The van der Waals surface area contributed by atoms with Crippen molar-refractivity contribution in [3.63, 3.8) is 0 Å². The van der Waals surface area contributed by atoms with Crippen molar-refractivity contribution < 1.29 is 8.78 Å². The maximum atomic E-state index is 13.2. The Morgan fingerprint density at radius 1 is 1.11 bits per heavy atom. The van der Waals surface area contributed by atoms with Crippen LogP contribution in [0.4, 0.5) is 8.78 Å². The zero-order valence-corrected chi connectivity index (χ0v) is 10.3. The van der Waals surface area contributed by atoms with Crippen LogP contribution in [0.1, 0.15) is 31.1 Å². The lowest BCUT2D eigenvalue weighted by Gasteiger charge is -2.20. The molecule has 1 fully saturated rings. The number of piperidine rings is 1. The van der Waals surface area contributed by atoms with Crippen LogP contribution in [0.3, 0.4) is 0 Å². The molecule has 2 aromatic rings. The lowest BCUT2D eigenvalue weighted by molar-refractivity contribution is 0.398. The predicted octanol–water partition coefficient (Wildman–Crippen LogP) is 2.56. The monoisotopic (exact) mass is 264 g/mol. The van der Waals surface area contributed by atoms with Gasteiger partial charge in [-0.25, -0.2) is 13.8 Å². The standard InChI is InChI=1S/C13H14F2N4/c14-9-5-8(6-10(15)7-9)12-17-13(19-18-12)11-3-1-2-4-16-11/h5-7,11,16H,1-4H2,(H,17,18,19). The van der Waals surface area contributed by atoms with E-state index in [1.165, 1.54) is 12.1 Å². The third-order valence-corrected chi connectivity index (χ3v) is 3.26. The molecule has 1 aliphatic rings. The molecule has 1 aliphatic heterocycles. The number of hydrogen-bond donors (Lipinski definition) is 2. The molecule has 6 heteroatoms. The molecular weight excluding hydrogens is 250 g/mol. The first-order valence-electron chi connectivity index (χ1n) is 6.34. The third-order valence-electron chi connectivity index (χ3n) is 3.26. The smallest absolute Gasteiger partial charge is 0.181 e. The van der Waals surface area contributed by atoms with Crippen LogP contribution in [0, 0.1) is 11.6 Å². The van der Waals surface area contributed by atoms with Gasteiger partial charge in [0.05, 0.1) is 6.04 Å². The molecule has 1 atom stereocenters. The zero-order valence-electron chi connectivity index (χ0n) is 10.3. The normalized spacial score (nSPS) is 19.6. The highest BCUT2D eigenvalue weighted by Crippen LogP contribution is 2.23. The molecule has 0 amide bonds. The van der Waals surface area contributed by atoms with Gasteiger partial charge in [0.15, 0.2) is 5.82 Å². The first-order chi connectivity index (χ1) is 9.22. The summed E-state index contributed by atoms with van der Waals surface area (Å²) in [5.41, 5.74) is 0.343. The maximum Gasteiger partial charge on any atom is 0.181 e. The molecule has 2 N–H and O–H groups in total. The highest BCUT2D eigenvalue weighted by Gasteiger charge is 2.19. The van der Waals surface area contributed by atoms with Crippen molar-refractivity contribution in [3.8, 4) is 11.4 Å². The lowest BCUT2D eigenvalue weighted by Crippen LogP contribution is -2.27. The van der Waals surface area contributed by atoms with Crippen LogP contribution >= 0.6 is 0 Å². The van der Waals surface area contributed by atoms with Crippen molar-refractivity contribution in [2.45, 2.75) is 25.3 Å². The van der Waals surface area contributed by atoms with Crippen molar-refractivity contribution >= 4 is 0 Å². The average Bonchev–Trinajstić information content (AvgIpc) is 2.88. The molecule has 2 heterocycles. The van der Waals surface area contributed by atoms with E-state index in [1.54, 1.807) is 0 Å². The van der Waals surface area contributed by atoms with Gasteiger partial charge < -0.3 is 5.32 Å². The number of rotatable bonds is 2. The van der Waals surface area contributed by atoms with Crippen LogP contribution in [0.5, 0.6) is 0 Å². The van der Waals surface area contributed by atoms with Crippen LogP contribution in [-0.4, -0.2) is 21.7 Å². The van der Waals surface area contributed by atoms with E-state index in [9.17, 15) is 8.78 Å². The van der Waals surface area contributed by atoms with Gasteiger partial charge >= 0.3 is 0 Å². The van der Waals surface area contributed by atoms with Crippen molar-refractivity contribution in [1.29, 1.82) is 0 Å². The summed E-state index contributed by atoms with van der Waals surface area (Å²) in [6, 6.07) is 3.43. The first-order valence-corrected chi connectivity index (χ1v) is 6.34. The van der Waals surface area contributed by atoms with E-state index in [1.807, 2.05) is 0 Å². The van der Waals surface area contributed by atoms with E-state index >= 15 is 0 Å². The molecule has 1 unspecified atom stereocenters. The van der Waals surface area contributed by atoms with E-state index in [2.05, 4.69) is 20.5 Å². The molecule has 1 aromatic carbocycles. The molecule has 0 bridgehead atoms. The summed E-state index contributed by atoms with van der Waals surface area (Å²) in [6.45, 7) is 0.954. The van der Waals surface area contributed by atoms with Crippen molar-refractivity contribution in [2.24, 2.45) is 0 Å². The predicted molar refractivity (Wildman–Crippen MR) is 66.3 cm³/mol. The number of halogens is 2. The third kappa shape index (κ3) is 2.63. The molecule has 19 heavy (non-hydrogen) atoms. The van der Waals surface area contributed by atoms with Gasteiger partial charge in [-0.1, -0.05) is 6.42 Å². The van der Waals surface area contributed by atoms with E-state index in [-0.39, 0.29) is 6.04 Å². The van der Waals surface area contributed by atoms with Gasteiger partial charge in [0.1, 0.15) is 17.5 Å². The molecule has 4 nitrogen and oxygen atoms in total. The molecule has 100 valence electrons. The number of nitrogens with zero attached hydrogens (tertiary/aromatic N) is 2. The van der Waals surface area contributed by atoms with Crippen LogP contribution in [0.15, 0.2) is 18.2 Å². The van der Waals surface area contributed by atoms with E-state index < -0.39 is 11.6 Å². The van der Waals surface area contributed by atoms with Crippen LogP contribution in [0.25, 0.3) is 11.4 Å². The largest absolute Gasteiger partial charge is 0.307 e. The van der Waals surface area contributed by atoms with Gasteiger partial charge in [-0.15, -0.1) is 0 Å². The Balaban J connectivity index is 1.87. The van der Waals surface area contributed by atoms with Crippen molar-refractivity contribution in [2.75, 3.05) is 6.54 Å². The van der Waals surface area contributed by atoms with Gasteiger partial charge in [0, 0.05) is 11.6 Å². The molecule has 1 aromatic heterocycles. The number of nitrogens with one attached hydrogen (secondary N) is 2. The molecule has 0 aliphatic carbocycles. The van der Waals surface area contributed by atoms with Gasteiger partial charge in [0.2, 0.25) is 0 Å². The highest BCUT2D eigenvalue weighted by molar-refractivity contribution is 5.54. The fourth-order valence-corrected chi connectivity index (χ4v) is 2.33. The molecule has 0 spiro atoms. The summed E-state index contributed by atoms with van der Waals surface area (Å²) in [6.07, 6.45) is 3.29. The SMILES string of the molecule is Fc1cc(F)cc(-c2n[nH]c(C3CCCCN3)n2)c1. The Hall–Kier alpha value is -1.82. The van der Waals surface area contributed by atoms with Gasteiger partial charge in [-0.05, 0) is 31.5 Å². The molecule has 0 saturated carbocycles. The number of aromatic nitrogens is 3. The Bertz CT molecular complexity index is 556. The van der Waals surface area contributed by atoms with E-state index in [4.69, 9.17) is 0 Å². The Kier molecular flexibility index (Phi) is 3.25. The van der Waals surface area contributed by atoms with Crippen molar-refractivity contribution in [1.82, 2.24) is 20.5 Å². The Morgan fingerprint density at radius 3 is 2.58 bits per heavy atom. The second-order valence-corrected chi connectivity index (χ2v) is 4.70. The maximum absolute atomic E-state index is 13.2. The average molecular weight is 264 g/mol. The minimum atomic E-state index is -0.628. The Morgan fingerprint density at radius 2 is 1.89 bits per heavy atom. The summed E-state index contributed by atoms with van der Waals surface area (Å²) >= 11 is 0. The fourth-order valence-electron chi connectivity index (χ4n) is 2.33. The van der Waals surface area contributed by atoms with E-state index in [0.29, 0.717) is 11.4 Å². The van der Waals surface area contributed by atoms with Crippen LogP contribution in [-0.2, 0) is 0 Å². The minimum absolute atomic E-state index is 0.147. The summed E-state index contributed by atoms with van der Waals surface area (Å²) in [4.78, 5) is 4.32. The second kappa shape index (κ2) is 5.05. The topological polar surface area (TPSA) is 53.6 Å². The first kappa shape index (κ1) is 12.2. The molecule has 3 rings (SSSR count). The van der Waals surface area contributed by atoms with E-state index in [0.717, 1.165) is 37.7 Å². The molecule has 1 saturated heterocycles. The molecular formula is C13H14F2N4. The fraction of sp³-hybridized carbons (Fsp3) is 0.385. The summed E-state index contributed by atoms with van der Waals surface area (Å²) in [5.74, 6) is -0.213. The highest BCUT2D eigenvalue weighted by atomic mass is 19.1. The summed E-state index contributed by atoms with van der Waals surface area (Å²) in [5, 5.41) is 10.2. The van der Waals surface area contributed by atoms with Gasteiger partial charge in [0.25, 0.3) is 0 Å². The number of benzene rings is 1. The molecule has 0 radical (unpaired) electrons. The van der Waals surface area contributed by atoms with Crippen molar-refractivity contribution in [3.05, 3.63) is 35.7 Å². The number of aromatic amines is 1. The van der Waals surface area contributed by atoms with Gasteiger partial charge in [-0.3, -0.25) is 5.10 Å². The Labute approximate surface area is 109 Å². The lowest BCUT2D eigenvalue weighted by atomic mass is 10.0. The van der Waals surface area contributed by atoms with Crippen LogP contribution < -0.4 is 5.32 Å². The zero-order chi connectivity index (χ0) is 13.2.